The Bertz CT molecular complexity index is 1150. The molecule has 0 unspecified atom stereocenters. The van der Waals surface area contributed by atoms with E-state index < -0.39 is 0 Å². The highest BCUT2D eigenvalue weighted by atomic mass is 16.2. The average molecular weight is 451 g/mol. The number of fused-ring (bicyclic) bond motifs is 3. The number of nitrogens with one attached hydrogen (secondary N) is 1. The van der Waals surface area contributed by atoms with Crippen molar-refractivity contribution in [3.05, 3.63) is 30.1 Å². The van der Waals surface area contributed by atoms with Gasteiger partial charge in [-0.3, -0.25) is 9.59 Å². The molecule has 1 saturated carbocycles. The van der Waals surface area contributed by atoms with Crippen molar-refractivity contribution >= 4 is 39.6 Å². The Labute approximate surface area is 194 Å². The minimum atomic E-state index is -0.242. The van der Waals surface area contributed by atoms with Gasteiger partial charge >= 0.3 is 0 Å². The fourth-order valence-electron chi connectivity index (χ4n) is 4.95. The molecule has 0 saturated heterocycles. The molecule has 1 aliphatic rings. The summed E-state index contributed by atoms with van der Waals surface area (Å²) in [6, 6.07) is 8.04. The summed E-state index contributed by atoms with van der Waals surface area (Å²) < 4.78 is 2.28. The summed E-state index contributed by atoms with van der Waals surface area (Å²) >= 11 is 0. The number of carbonyl (C=O) groups excluding carboxylic acids is 2. The zero-order chi connectivity index (χ0) is 23.4. The van der Waals surface area contributed by atoms with Gasteiger partial charge in [-0.1, -0.05) is 25.1 Å². The van der Waals surface area contributed by atoms with Crippen LogP contribution in [-0.4, -0.2) is 32.9 Å². The second-order valence-corrected chi connectivity index (χ2v) is 9.09. The van der Waals surface area contributed by atoms with Crippen molar-refractivity contribution in [2.75, 3.05) is 12.3 Å². The van der Waals surface area contributed by atoms with Crippen molar-refractivity contribution in [3.8, 4) is 0 Å². The molecule has 5 N–H and O–H groups in total. The molecule has 8 heteroatoms. The van der Waals surface area contributed by atoms with Gasteiger partial charge in [0.1, 0.15) is 11.3 Å². The summed E-state index contributed by atoms with van der Waals surface area (Å²) in [7, 11) is 0. The predicted molar refractivity (Wildman–Crippen MR) is 130 cm³/mol. The lowest BCUT2D eigenvalue weighted by atomic mass is 9.81. The second-order valence-electron chi connectivity index (χ2n) is 9.09. The highest BCUT2D eigenvalue weighted by Gasteiger charge is 2.28. The maximum atomic E-state index is 12.5. The molecule has 4 rings (SSSR count). The summed E-state index contributed by atoms with van der Waals surface area (Å²) in [6.45, 7) is 3.61. The van der Waals surface area contributed by atoms with Gasteiger partial charge in [-0.15, -0.1) is 0 Å². The van der Waals surface area contributed by atoms with E-state index >= 15 is 0 Å². The number of aryl methyl sites for hydroxylation is 2. The van der Waals surface area contributed by atoms with Crippen molar-refractivity contribution in [3.63, 3.8) is 0 Å². The monoisotopic (exact) mass is 450 g/mol. The van der Waals surface area contributed by atoms with Gasteiger partial charge < -0.3 is 21.4 Å². The van der Waals surface area contributed by atoms with Crippen LogP contribution in [0.25, 0.3) is 21.9 Å². The van der Waals surface area contributed by atoms with Crippen LogP contribution in [0, 0.1) is 11.8 Å². The van der Waals surface area contributed by atoms with Crippen LogP contribution in [0.4, 0.5) is 5.82 Å². The number of nitrogen functional groups attached to an aromatic ring is 1. The molecule has 0 aliphatic heterocycles. The zero-order valence-electron chi connectivity index (χ0n) is 19.3. The van der Waals surface area contributed by atoms with Crippen LogP contribution in [0.3, 0.4) is 0 Å². The number of hydrogen-bond acceptors (Lipinski definition) is 5. The molecule has 1 aromatic carbocycles. The lowest BCUT2D eigenvalue weighted by Crippen LogP contribution is -2.36. The minimum Gasteiger partial charge on any atom is -0.382 e. The molecule has 2 amide bonds. The van der Waals surface area contributed by atoms with E-state index in [0.717, 1.165) is 72.8 Å². The molecule has 0 spiro atoms. The van der Waals surface area contributed by atoms with Crippen LogP contribution in [-0.2, 0) is 22.6 Å². The maximum absolute atomic E-state index is 12.5. The Kier molecular flexibility index (Phi) is 7.11. The Morgan fingerprint density at radius 3 is 2.55 bits per heavy atom. The Hall–Kier alpha value is -3.16. The number of nitrogens with two attached hydrogens (primary N) is 2. The van der Waals surface area contributed by atoms with Gasteiger partial charge in [-0.05, 0) is 51.0 Å². The first kappa shape index (κ1) is 23.0. The van der Waals surface area contributed by atoms with Crippen molar-refractivity contribution in [1.29, 1.82) is 0 Å². The van der Waals surface area contributed by atoms with Crippen LogP contribution >= 0.6 is 0 Å². The number of para-hydroxylation sites is 1. The summed E-state index contributed by atoms with van der Waals surface area (Å²) in [5.41, 5.74) is 14.3. The first-order valence-corrected chi connectivity index (χ1v) is 12.1. The third kappa shape index (κ3) is 4.94. The smallest absolute Gasteiger partial charge is 0.223 e. The lowest BCUT2D eigenvalue weighted by Gasteiger charge is -2.25. The normalized spacial score (nSPS) is 18.6. The van der Waals surface area contributed by atoms with Crippen molar-refractivity contribution in [2.24, 2.45) is 17.6 Å². The number of unbranched alkanes of at least 4 members (excludes halogenated alkanes) is 1. The summed E-state index contributed by atoms with van der Waals surface area (Å²) in [5.74, 6) is 1.29. The summed E-state index contributed by atoms with van der Waals surface area (Å²) in [5, 5.41) is 4.15. The number of nitrogens with zero attached hydrogens (tertiary/aromatic N) is 3. The number of aromatic nitrogens is 3. The van der Waals surface area contributed by atoms with Crippen LogP contribution in [0.2, 0.25) is 0 Å². The molecule has 3 aromatic rings. The second kappa shape index (κ2) is 10.2. The first-order valence-electron chi connectivity index (χ1n) is 12.1. The molecule has 0 bridgehead atoms. The quantitative estimate of drug-likeness (QED) is 0.431. The number of imidazole rings is 1. The van der Waals surface area contributed by atoms with Gasteiger partial charge in [-0.2, -0.15) is 0 Å². The number of primary amides is 1. The number of amides is 2. The van der Waals surface area contributed by atoms with Gasteiger partial charge in [0, 0.05) is 36.7 Å². The van der Waals surface area contributed by atoms with E-state index in [1.54, 1.807) is 0 Å². The van der Waals surface area contributed by atoms with Crippen molar-refractivity contribution in [1.82, 2.24) is 19.9 Å². The fourth-order valence-corrected chi connectivity index (χ4v) is 4.95. The van der Waals surface area contributed by atoms with Crippen molar-refractivity contribution < 1.29 is 9.59 Å². The lowest BCUT2D eigenvalue weighted by molar-refractivity contribution is -0.129. The van der Waals surface area contributed by atoms with E-state index in [2.05, 4.69) is 27.9 Å². The number of anilines is 1. The number of benzene rings is 1. The van der Waals surface area contributed by atoms with E-state index in [-0.39, 0.29) is 23.7 Å². The Morgan fingerprint density at radius 1 is 1.09 bits per heavy atom. The molecule has 176 valence electrons. The molecule has 0 atom stereocenters. The summed E-state index contributed by atoms with van der Waals surface area (Å²) in [6.07, 6.45) is 6.60. The largest absolute Gasteiger partial charge is 0.382 e. The molecule has 33 heavy (non-hydrogen) atoms. The minimum absolute atomic E-state index is 0.00353. The Morgan fingerprint density at radius 2 is 1.82 bits per heavy atom. The van der Waals surface area contributed by atoms with Gasteiger partial charge in [0.2, 0.25) is 11.8 Å². The van der Waals surface area contributed by atoms with E-state index in [1.165, 1.54) is 0 Å². The predicted octanol–water partition coefficient (Wildman–Crippen LogP) is 3.31. The molecular weight excluding hydrogens is 416 g/mol. The maximum Gasteiger partial charge on any atom is 0.223 e. The van der Waals surface area contributed by atoms with Gasteiger partial charge in [0.15, 0.2) is 5.82 Å². The van der Waals surface area contributed by atoms with Crippen LogP contribution in [0.1, 0.15) is 57.7 Å². The average Bonchev–Trinajstić information content (AvgIpc) is 3.18. The third-order valence-electron chi connectivity index (χ3n) is 6.77. The molecule has 1 fully saturated rings. The molecule has 0 radical (unpaired) electrons. The van der Waals surface area contributed by atoms with Gasteiger partial charge in [0.05, 0.1) is 11.0 Å². The third-order valence-corrected chi connectivity index (χ3v) is 6.77. The van der Waals surface area contributed by atoms with Crippen LogP contribution in [0.5, 0.6) is 0 Å². The zero-order valence-corrected chi connectivity index (χ0v) is 19.3. The highest BCUT2D eigenvalue weighted by molar-refractivity contribution is 6.06. The number of carbonyl (C=O) groups is 2. The molecule has 1 aliphatic carbocycles. The number of pyridine rings is 1. The van der Waals surface area contributed by atoms with E-state index in [4.69, 9.17) is 16.5 Å². The molecule has 2 heterocycles. The fraction of sp³-hybridized carbons (Fsp3) is 0.520. The van der Waals surface area contributed by atoms with Gasteiger partial charge in [-0.25, -0.2) is 9.97 Å². The van der Waals surface area contributed by atoms with Crippen molar-refractivity contribution in [2.45, 2.75) is 64.8 Å². The molecule has 8 nitrogen and oxygen atoms in total. The summed E-state index contributed by atoms with van der Waals surface area (Å²) in [4.78, 5) is 33.2. The molecule has 2 aromatic heterocycles. The Balaban J connectivity index is 1.38. The van der Waals surface area contributed by atoms with Crippen LogP contribution in [0.15, 0.2) is 24.3 Å². The van der Waals surface area contributed by atoms with E-state index in [1.807, 2.05) is 18.2 Å². The van der Waals surface area contributed by atoms with Gasteiger partial charge in [0.25, 0.3) is 0 Å². The topological polar surface area (TPSA) is 129 Å². The molecular formula is C25H34N6O2. The van der Waals surface area contributed by atoms with Crippen LogP contribution < -0.4 is 16.8 Å². The van der Waals surface area contributed by atoms with E-state index in [0.29, 0.717) is 25.2 Å². The SMILES string of the molecule is CCCc1nc2c(N)nc3ccccc3c2n1CCCCNC(=O)C1CCC(C(N)=O)CC1. The number of rotatable bonds is 9. The number of hydrogen-bond donors (Lipinski definition) is 3. The standard InChI is InChI=1S/C25H34N6O2/c1-2-7-20-30-21-22(18-8-3-4-9-19(18)29-23(21)26)31(20)15-6-5-14-28-25(33)17-12-10-16(11-13-17)24(27)32/h3-4,8-9,16-17H,2,5-7,10-15H2,1H3,(H2,26,29)(H2,27,32)(H,28,33). The van der Waals surface area contributed by atoms with E-state index in [9.17, 15) is 9.59 Å². The first-order chi connectivity index (χ1) is 16.0. The highest BCUT2D eigenvalue weighted by Crippen LogP contribution is 2.30.